The van der Waals surface area contributed by atoms with Crippen molar-refractivity contribution in [1.82, 2.24) is 0 Å². The van der Waals surface area contributed by atoms with Crippen LogP contribution in [-0.4, -0.2) is 20.5 Å². The molecule has 0 atom stereocenters. The predicted molar refractivity (Wildman–Crippen MR) is 127 cm³/mol. The van der Waals surface area contributed by atoms with Crippen LogP contribution in [0.5, 0.6) is 5.75 Å². The van der Waals surface area contributed by atoms with Crippen molar-refractivity contribution in [2.24, 2.45) is 10.2 Å². The van der Waals surface area contributed by atoms with Crippen LogP contribution in [0.1, 0.15) is 18.1 Å². The summed E-state index contributed by atoms with van der Waals surface area (Å²) < 4.78 is 33.5. The predicted octanol–water partition coefficient (Wildman–Crippen LogP) is 6.34. The number of nitrogens with one attached hydrogen (secondary N) is 1. The van der Waals surface area contributed by atoms with Gasteiger partial charge in [0.1, 0.15) is 11.4 Å². The van der Waals surface area contributed by atoms with Gasteiger partial charge in [0.25, 0.3) is 15.7 Å². The molecule has 0 saturated heterocycles. The summed E-state index contributed by atoms with van der Waals surface area (Å²) in [5.74, 6) is 0.248. The summed E-state index contributed by atoms with van der Waals surface area (Å²) in [6, 6.07) is 13.6. The molecule has 0 aromatic heterocycles. The van der Waals surface area contributed by atoms with Crippen molar-refractivity contribution in [2.75, 3.05) is 11.8 Å². The number of non-ortho nitro benzene ring substituents is 1. The first-order valence-electron chi connectivity index (χ1n) is 9.80. The Bertz CT molecular complexity index is 1330. The molecule has 3 aromatic rings. The maximum Gasteiger partial charge on any atom is 0.271 e. The van der Waals surface area contributed by atoms with E-state index in [0.29, 0.717) is 11.3 Å². The molecule has 0 spiro atoms. The van der Waals surface area contributed by atoms with Crippen LogP contribution in [-0.2, 0) is 16.4 Å². The number of hydrogen-bond donors (Lipinski definition) is 1. The van der Waals surface area contributed by atoms with Gasteiger partial charge in [-0.2, -0.15) is 5.11 Å². The Kier molecular flexibility index (Phi) is 7.29. The molecule has 0 bridgehead atoms. The van der Waals surface area contributed by atoms with Gasteiger partial charge < -0.3 is 4.74 Å². The highest BCUT2D eigenvalue weighted by Crippen LogP contribution is 2.36. The summed E-state index contributed by atoms with van der Waals surface area (Å²) in [6.07, 6.45) is 0.807. The SMILES string of the molecule is CCc1ccc(S(=O)(=O)Nc2cc(C)c(N=Nc3ccc([N+](=O)[O-])cc3Cl)cc2OC)cc1. The lowest BCUT2D eigenvalue weighted by Gasteiger charge is -2.14. The first-order valence-corrected chi connectivity index (χ1v) is 11.7. The Morgan fingerprint density at radius 3 is 2.30 bits per heavy atom. The zero-order valence-electron chi connectivity index (χ0n) is 18.1. The smallest absolute Gasteiger partial charge is 0.271 e. The van der Waals surface area contributed by atoms with Gasteiger partial charge in [0.2, 0.25) is 0 Å². The van der Waals surface area contributed by atoms with Crippen LogP contribution in [0.15, 0.2) is 69.7 Å². The van der Waals surface area contributed by atoms with Crippen molar-refractivity contribution in [1.29, 1.82) is 0 Å². The van der Waals surface area contributed by atoms with Crippen molar-refractivity contribution >= 4 is 44.4 Å². The van der Waals surface area contributed by atoms with E-state index in [-0.39, 0.29) is 32.7 Å². The minimum atomic E-state index is -3.83. The number of aryl methyl sites for hydroxylation is 2. The van der Waals surface area contributed by atoms with E-state index < -0.39 is 14.9 Å². The molecule has 0 heterocycles. The second-order valence-electron chi connectivity index (χ2n) is 7.03. The molecule has 0 fully saturated rings. The largest absolute Gasteiger partial charge is 0.494 e. The number of halogens is 1. The van der Waals surface area contributed by atoms with Gasteiger partial charge in [0.15, 0.2) is 0 Å². The highest BCUT2D eigenvalue weighted by molar-refractivity contribution is 7.92. The Balaban J connectivity index is 1.89. The molecule has 172 valence electrons. The molecule has 11 heteroatoms. The van der Waals surface area contributed by atoms with Crippen molar-refractivity contribution in [3.63, 3.8) is 0 Å². The monoisotopic (exact) mass is 488 g/mol. The molecular formula is C22H21ClN4O5S. The van der Waals surface area contributed by atoms with Gasteiger partial charge in [-0.05, 0) is 48.7 Å². The maximum absolute atomic E-state index is 12.8. The average Bonchev–Trinajstić information content (AvgIpc) is 2.79. The summed E-state index contributed by atoms with van der Waals surface area (Å²) in [5.41, 5.74) is 2.42. The fourth-order valence-electron chi connectivity index (χ4n) is 2.94. The van der Waals surface area contributed by atoms with Crippen LogP contribution >= 0.6 is 11.6 Å². The lowest BCUT2D eigenvalue weighted by atomic mass is 10.1. The van der Waals surface area contributed by atoms with E-state index in [4.69, 9.17) is 16.3 Å². The minimum absolute atomic E-state index is 0.0797. The van der Waals surface area contributed by atoms with Gasteiger partial charge in [-0.15, -0.1) is 5.11 Å². The number of rotatable bonds is 8. The first kappa shape index (κ1) is 24.1. The van der Waals surface area contributed by atoms with Crippen molar-refractivity contribution in [3.8, 4) is 5.75 Å². The molecule has 0 amide bonds. The number of sulfonamides is 1. The molecule has 0 aliphatic carbocycles. The molecule has 3 rings (SSSR count). The van der Waals surface area contributed by atoms with Gasteiger partial charge in [-0.3, -0.25) is 14.8 Å². The molecule has 0 radical (unpaired) electrons. The Morgan fingerprint density at radius 2 is 1.73 bits per heavy atom. The molecule has 0 saturated carbocycles. The maximum atomic E-state index is 12.8. The summed E-state index contributed by atoms with van der Waals surface area (Å²) in [4.78, 5) is 10.4. The number of nitro benzene ring substituents is 1. The van der Waals surface area contributed by atoms with E-state index in [9.17, 15) is 18.5 Å². The Morgan fingerprint density at radius 1 is 1.06 bits per heavy atom. The topological polar surface area (TPSA) is 123 Å². The molecule has 1 N–H and O–H groups in total. The molecule has 3 aromatic carbocycles. The Labute approximate surface area is 196 Å². The van der Waals surface area contributed by atoms with Crippen molar-refractivity contribution in [3.05, 3.63) is 80.9 Å². The zero-order chi connectivity index (χ0) is 24.2. The number of benzene rings is 3. The van der Waals surface area contributed by atoms with Gasteiger partial charge in [0, 0.05) is 18.2 Å². The number of anilines is 1. The molecule has 9 nitrogen and oxygen atoms in total. The van der Waals surface area contributed by atoms with E-state index in [1.807, 2.05) is 6.92 Å². The number of azo groups is 1. The van der Waals surface area contributed by atoms with E-state index in [1.54, 1.807) is 37.3 Å². The molecule has 33 heavy (non-hydrogen) atoms. The average molecular weight is 489 g/mol. The van der Waals surface area contributed by atoms with Gasteiger partial charge in [0.05, 0.1) is 33.3 Å². The van der Waals surface area contributed by atoms with Gasteiger partial charge in [-0.25, -0.2) is 8.42 Å². The summed E-state index contributed by atoms with van der Waals surface area (Å²) >= 11 is 6.05. The van der Waals surface area contributed by atoms with E-state index in [0.717, 1.165) is 12.0 Å². The van der Waals surface area contributed by atoms with E-state index in [2.05, 4.69) is 15.0 Å². The minimum Gasteiger partial charge on any atom is -0.494 e. The third kappa shape index (κ3) is 5.65. The van der Waals surface area contributed by atoms with Gasteiger partial charge in [-0.1, -0.05) is 30.7 Å². The third-order valence-corrected chi connectivity index (χ3v) is 6.50. The third-order valence-electron chi connectivity index (χ3n) is 4.81. The van der Waals surface area contributed by atoms with E-state index >= 15 is 0 Å². The highest BCUT2D eigenvalue weighted by atomic mass is 35.5. The second-order valence-corrected chi connectivity index (χ2v) is 9.12. The standard InChI is InChI=1S/C22H21ClN4O5S/c1-4-15-5-8-17(9-6-15)33(30,31)26-21-11-14(2)20(13-22(21)32-3)25-24-19-10-7-16(27(28)29)12-18(19)23/h5-13,26H,4H2,1-3H3. The first-order chi connectivity index (χ1) is 15.6. The quantitative estimate of drug-likeness (QED) is 0.225. The van der Waals surface area contributed by atoms with Crippen molar-refractivity contribution in [2.45, 2.75) is 25.2 Å². The summed E-state index contributed by atoms with van der Waals surface area (Å²) in [5, 5.41) is 19.1. The normalized spacial score (nSPS) is 11.5. The highest BCUT2D eigenvalue weighted by Gasteiger charge is 2.18. The second kappa shape index (κ2) is 9.97. The summed E-state index contributed by atoms with van der Waals surface area (Å²) in [7, 11) is -2.42. The molecular weight excluding hydrogens is 468 g/mol. The molecule has 0 aliphatic heterocycles. The number of nitrogens with zero attached hydrogens (tertiary/aromatic N) is 3. The van der Waals surface area contributed by atoms with Crippen LogP contribution in [0.3, 0.4) is 0 Å². The number of ether oxygens (including phenoxy) is 1. The van der Waals surface area contributed by atoms with Crippen LogP contribution < -0.4 is 9.46 Å². The molecule has 0 unspecified atom stereocenters. The van der Waals surface area contributed by atoms with Crippen LogP contribution in [0.2, 0.25) is 5.02 Å². The lowest BCUT2D eigenvalue weighted by Crippen LogP contribution is -2.13. The Hall–Kier alpha value is -3.50. The van der Waals surface area contributed by atoms with Crippen molar-refractivity contribution < 1.29 is 18.1 Å². The number of nitro groups is 1. The number of methoxy groups -OCH3 is 1. The van der Waals surface area contributed by atoms with Crippen LogP contribution in [0.25, 0.3) is 0 Å². The number of hydrogen-bond acceptors (Lipinski definition) is 7. The molecule has 0 aliphatic rings. The lowest BCUT2D eigenvalue weighted by molar-refractivity contribution is -0.384. The fraction of sp³-hybridized carbons (Fsp3) is 0.182. The fourth-order valence-corrected chi connectivity index (χ4v) is 4.21. The van der Waals surface area contributed by atoms with E-state index in [1.165, 1.54) is 31.4 Å². The van der Waals surface area contributed by atoms with Crippen LogP contribution in [0.4, 0.5) is 22.7 Å². The van der Waals surface area contributed by atoms with Gasteiger partial charge >= 0.3 is 0 Å². The van der Waals surface area contributed by atoms with Crippen LogP contribution in [0, 0.1) is 17.0 Å². The zero-order valence-corrected chi connectivity index (χ0v) is 19.6. The summed E-state index contributed by atoms with van der Waals surface area (Å²) in [6.45, 7) is 3.73.